The molecule has 2 saturated heterocycles. The van der Waals surface area contributed by atoms with Crippen molar-refractivity contribution in [2.45, 2.75) is 64.3 Å². The van der Waals surface area contributed by atoms with Crippen LogP contribution in [0, 0.1) is 0 Å². The third-order valence-electron chi connectivity index (χ3n) is 4.94. The van der Waals surface area contributed by atoms with E-state index in [0.717, 1.165) is 50.6 Å². The summed E-state index contributed by atoms with van der Waals surface area (Å²) in [6.45, 7) is 9.19. The van der Waals surface area contributed by atoms with Crippen molar-refractivity contribution in [3.8, 4) is 0 Å². The normalized spacial score (nSPS) is 26.5. The summed E-state index contributed by atoms with van der Waals surface area (Å²) >= 11 is 1.85. The first-order valence-corrected chi connectivity index (χ1v) is 9.68. The molecule has 0 radical (unpaired) electrons. The number of fused-ring (bicyclic) bond motifs is 3. The number of ether oxygens (including phenoxy) is 1. The minimum Gasteiger partial charge on any atom is -0.444 e. The van der Waals surface area contributed by atoms with Crippen molar-refractivity contribution in [2.75, 3.05) is 24.5 Å². The van der Waals surface area contributed by atoms with Gasteiger partial charge in [0.2, 0.25) is 0 Å². The Balaban J connectivity index is 1.49. The molecule has 4 heterocycles. The van der Waals surface area contributed by atoms with Crippen LogP contribution in [0.25, 0.3) is 0 Å². The largest absolute Gasteiger partial charge is 0.444 e. The SMILES string of the molecule is CC(C)(C)OC(=O)N1CC2CCC(C1)N2c1nc2c(s1)CCNC2. The minimum atomic E-state index is -0.436. The fraction of sp³-hybridized carbons (Fsp3) is 0.765. The van der Waals surface area contributed by atoms with E-state index in [1.165, 1.54) is 10.6 Å². The maximum Gasteiger partial charge on any atom is 0.410 e. The van der Waals surface area contributed by atoms with E-state index >= 15 is 0 Å². The topological polar surface area (TPSA) is 57.7 Å². The zero-order valence-corrected chi connectivity index (χ0v) is 15.5. The highest BCUT2D eigenvalue weighted by molar-refractivity contribution is 7.15. The van der Waals surface area contributed by atoms with E-state index in [1.807, 2.05) is 37.0 Å². The van der Waals surface area contributed by atoms with E-state index in [-0.39, 0.29) is 6.09 Å². The van der Waals surface area contributed by atoms with Crippen molar-refractivity contribution in [1.29, 1.82) is 0 Å². The van der Waals surface area contributed by atoms with Gasteiger partial charge in [-0.3, -0.25) is 0 Å². The maximum absolute atomic E-state index is 12.4. The van der Waals surface area contributed by atoms with Gasteiger partial charge < -0.3 is 19.9 Å². The van der Waals surface area contributed by atoms with Gasteiger partial charge in [-0.15, -0.1) is 11.3 Å². The molecule has 24 heavy (non-hydrogen) atoms. The second-order valence-electron chi connectivity index (χ2n) is 7.97. The predicted molar refractivity (Wildman–Crippen MR) is 94.6 cm³/mol. The molecular weight excluding hydrogens is 324 g/mol. The number of thiazole rings is 1. The smallest absolute Gasteiger partial charge is 0.410 e. The number of hydrogen-bond acceptors (Lipinski definition) is 6. The molecule has 2 fully saturated rings. The molecule has 3 aliphatic heterocycles. The second kappa shape index (κ2) is 5.88. The zero-order valence-electron chi connectivity index (χ0n) is 14.7. The van der Waals surface area contributed by atoms with Gasteiger partial charge in [-0.25, -0.2) is 9.78 Å². The van der Waals surface area contributed by atoms with Gasteiger partial charge in [0.1, 0.15) is 5.60 Å². The lowest BCUT2D eigenvalue weighted by Crippen LogP contribution is -2.56. The molecular formula is C17H26N4O2S. The highest BCUT2D eigenvalue weighted by Gasteiger charge is 2.43. The monoisotopic (exact) mass is 350 g/mol. The summed E-state index contributed by atoms with van der Waals surface area (Å²) in [7, 11) is 0. The molecule has 1 aromatic rings. The molecule has 1 aromatic heterocycles. The van der Waals surface area contributed by atoms with Gasteiger partial charge in [-0.1, -0.05) is 0 Å². The lowest BCUT2D eigenvalue weighted by Gasteiger charge is -2.41. The van der Waals surface area contributed by atoms with Crippen molar-refractivity contribution in [2.24, 2.45) is 0 Å². The molecule has 0 saturated carbocycles. The van der Waals surface area contributed by atoms with Crippen molar-refractivity contribution in [1.82, 2.24) is 15.2 Å². The second-order valence-corrected chi connectivity index (χ2v) is 9.03. The Morgan fingerprint density at radius 1 is 1.29 bits per heavy atom. The first-order valence-electron chi connectivity index (χ1n) is 8.86. The lowest BCUT2D eigenvalue weighted by molar-refractivity contribution is 0.0209. The maximum atomic E-state index is 12.4. The summed E-state index contributed by atoms with van der Waals surface area (Å²) in [5.74, 6) is 0. The number of likely N-dealkylation sites (tertiary alicyclic amines) is 1. The fourth-order valence-corrected chi connectivity index (χ4v) is 5.13. The van der Waals surface area contributed by atoms with E-state index in [9.17, 15) is 4.79 Å². The zero-order chi connectivity index (χ0) is 16.9. The Kier molecular flexibility index (Phi) is 3.95. The van der Waals surface area contributed by atoms with Crippen LogP contribution in [-0.2, 0) is 17.7 Å². The van der Waals surface area contributed by atoms with Crippen LogP contribution in [0.15, 0.2) is 0 Å². The molecule has 0 aliphatic carbocycles. The Morgan fingerprint density at radius 3 is 2.62 bits per heavy atom. The molecule has 4 rings (SSSR count). The Morgan fingerprint density at radius 2 is 2.00 bits per heavy atom. The van der Waals surface area contributed by atoms with Crippen LogP contribution < -0.4 is 10.2 Å². The average Bonchev–Trinajstić information content (AvgIpc) is 3.03. The quantitative estimate of drug-likeness (QED) is 0.843. The van der Waals surface area contributed by atoms with Gasteiger partial charge in [0.25, 0.3) is 0 Å². The summed E-state index contributed by atoms with van der Waals surface area (Å²) in [6, 6.07) is 0.744. The number of aromatic nitrogens is 1. The van der Waals surface area contributed by atoms with E-state index < -0.39 is 5.60 Å². The molecule has 1 N–H and O–H groups in total. The minimum absolute atomic E-state index is 0.179. The van der Waals surface area contributed by atoms with Crippen LogP contribution in [0.3, 0.4) is 0 Å². The summed E-state index contributed by atoms with van der Waals surface area (Å²) in [6.07, 6.45) is 3.17. The molecule has 1 amide bonds. The predicted octanol–water partition coefficient (Wildman–Crippen LogP) is 2.38. The van der Waals surface area contributed by atoms with E-state index in [1.54, 1.807) is 0 Å². The summed E-state index contributed by atoms with van der Waals surface area (Å²) in [4.78, 5) is 23.1. The molecule has 7 heteroatoms. The molecule has 0 aromatic carbocycles. The number of piperazine rings is 1. The molecule has 132 valence electrons. The number of anilines is 1. The summed E-state index contributed by atoms with van der Waals surface area (Å²) < 4.78 is 5.56. The van der Waals surface area contributed by atoms with E-state index in [4.69, 9.17) is 9.72 Å². The number of hydrogen-bond donors (Lipinski definition) is 1. The molecule has 3 aliphatic rings. The van der Waals surface area contributed by atoms with Crippen LogP contribution >= 0.6 is 11.3 Å². The fourth-order valence-electron chi connectivity index (χ4n) is 3.91. The van der Waals surface area contributed by atoms with E-state index in [0.29, 0.717) is 12.1 Å². The highest BCUT2D eigenvalue weighted by atomic mass is 32.1. The molecule has 6 nitrogen and oxygen atoms in total. The van der Waals surface area contributed by atoms with Gasteiger partial charge in [-0.2, -0.15) is 0 Å². The van der Waals surface area contributed by atoms with Gasteiger partial charge >= 0.3 is 6.09 Å². The molecule has 0 spiro atoms. The number of carbonyl (C=O) groups is 1. The van der Waals surface area contributed by atoms with Gasteiger partial charge in [0.15, 0.2) is 5.13 Å². The van der Waals surface area contributed by atoms with Gasteiger partial charge in [-0.05, 0) is 40.0 Å². The molecule has 2 unspecified atom stereocenters. The lowest BCUT2D eigenvalue weighted by atomic mass is 10.2. The van der Waals surface area contributed by atoms with Gasteiger partial charge in [0, 0.05) is 43.1 Å². The average molecular weight is 350 g/mol. The standard InChI is InChI=1S/C17H26N4O2S/c1-17(2,3)23-16(22)20-9-11-4-5-12(10-20)21(11)15-19-13-8-18-7-6-14(13)24-15/h11-12,18H,4-10H2,1-3H3. The van der Waals surface area contributed by atoms with E-state index in [2.05, 4.69) is 10.2 Å². The van der Waals surface area contributed by atoms with Gasteiger partial charge in [0.05, 0.1) is 5.69 Å². The molecule has 2 bridgehead atoms. The Hall–Kier alpha value is -1.34. The number of nitrogens with one attached hydrogen (secondary N) is 1. The number of carbonyl (C=O) groups excluding carboxylic acids is 1. The molecule has 2 atom stereocenters. The Labute approximate surface area is 147 Å². The van der Waals surface area contributed by atoms with Crippen molar-refractivity contribution in [3.05, 3.63) is 10.6 Å². The number of amides is 1. The van der Waals surface area contributed by atoms with Crippen molar-refractivity contribution < 1.29 is 9.53 Å². The summed E-state index contributed by atoms with van der Waals surface area (Å²) in [5.41, 5.74) is 0.782. The third kappa shape index (κ3) is 2.99. The number of rotatable bonds is 1. The number of nitrogens with zero attached hydrogens (tertiary/aromatic N) is 3. The summed E-state index contributed by atoms with van der Waals surface area (Å²) in [5, 5.41) is 4.55. The first-order chi connectivity index (χ1) is 11.4. The van der Waals surface area contributed by atoms with Crippen LogP contribution in [0.5, 0.6) is 0 Å². The van der Waals surface area contributed by atoms with Crippen LogP contribution in [0.2, 0.25) is 0 Å². The van der Waals surface area contributed by atoms with Crippen LogP contribution in [0.4, 0.5) is 9.93 Å². The van der Waals surface area contributed by atoms with Crippen LogP contribution in [-0.4, -0.2) is 53.3 Å². The van der Waals surface area contributed by atoms with Crippen molar-refractivity contribution in [3.63, 3.8) is 0 Å². The van der Waals surface area contributed by atoms with Crippen molar-refractivity contribution >= 4 is 22.6 Å². The Bertz CT molecular complexity index is 602. The first kappa shape index (κ1) is 16.1. The third-order valence-corrected chi connectivity index (χ3v) is 6.11. The highest BCUT2D eigenvalue weighted by Crippen LogP contribution is 2.39. The van der Waals surface area contributed by atoms with Crippen LogP contribution in [0.1, 0.15) is 44.2 Å².